The van der Waals surface area contributed by atoms with Gasteiger partial charge >= 0.3 is 0 Å². The van der Waals surface area contributed by atoms with E-state index >= 15 is 0 Å². The normalized spacial score (nSPS) is 20.6. The Morgan fingerprint density at radius 3 is 2.80 bits per heavy atom. The largest absolute Gasteiger partial charge is 0.0847 e. The second kappa shape index (κ2) is 3.20. The van der Waals surface area contributed by atoms with Gasteiger partial charge in [0.15, 0.2) is 0 Å². The van der Waals surface area contributed by atoms with Crippen LogP contribution in [0.5, 0.6) is 0 Å². The maximum atomic E-state index is 2.32. The first kappa shape index (κ1) is 7.80. The molecule has 0 aromatic rings. The molecule has 1 atom stereocenters. The molecule has 0 aromatic heterocycles. The van der Waals surface area contributed by atoms with Crippen LogP contribution < -0.4 is 0 Å². The van der Waals surface area contributed by atoms with Gasteiger partial charge in [0.25, 0.3) is 0 Å². The van der Waals surface area contributed by atoms with Crippen molar-refractivity contribution in [1.29, 1.82) is 0 Å². The van der Waals surface area contributed by atoms with Gasteiger partial charge in [-0.05, 0) is 18.8 Å². The molecule has 0 aliphatic heterocycles. The van der Waals surface area contributed by atoms with E-state index in [1.165, 1.54) is 23.1 Å². The highest BCUT2D eigenvalue weighted by Crippen LogP contribution is 2.24. The summed E-state index contributed by atoms with van der Waals surface area (Å²) >= 11 is 0. The van der Waals surface area contributed by atoms with Gasteiger partial charge < -0.3 is 0 Å². The van der Waals surface area contributed by atoms with Crippen molar-refractivity contribution in [1.82, 2.24) is 0 Å². The van der Waals surface area contributed by atoms with E-state index in [1.807, 2.05) is 0 Å². The summed E-state index contributed by atoms with van der Waals surface area (Å²) in [6.07, 6.45) is 7.14. The molecule has 1 aliphatic carbocycles. The predicted molar refractivity (Wildman–Crippen MR) is 50.2 cm³/mol. The lowest BCUT2D eigenvalue weighted by molar-refractivity contribution is 0.669. The molecule has 0 bridgehead atoms. The number of hydrogen-bond donors (Lipinski definition) is 0. The van der Waals surface area contributed by atoms with E-state index in [-0.39, 0.29) is 0 Å². The quantitative estimate of drug-likeness (QED) is 0.527. The molecule has 10 heavy (non-hydrogen) atoms. The van der Waals surface area contributed by atoms with Crippen molar-refractivity contribution in [3.63, 3.8) is 0 Å². The van der Waals surface area contributed by atoms with Gasteiger partial charge in [-0.2, -0.15) is 0 Å². The minimum atomic E-state index is 0.797. The number of rotatable bonds is 2. The van der Waals surface area contributed by atoms with E-state index in [9.17, 15) is 0 Å². The third kappa shape index (κ3) is 1.40. The molecule has 1 unspecified atom stereocenters. The standard InChI is InChI=1S/C9H16Si/c1-3-7(2)8-5-4-6-9(8)10/h4-5,7H,3,6H2,1-2,10H3. The Morgan fingerprint density at radius 1 is 1.70 bits per heavy atom. The second-order valence-corrected chi connectivity index (χ2v) is 4.36. The summed E-state index contributed by atoms with van der Waals surface area (Å²) in [6.45, 7) is 4.58. The van der Waals surface area contributed by atoms with Crippen LogP contribution in [0.25, 0.3) is 0 Å². The van der Waals surface area contributed by atoms with Crippen LogP contribution in [0.2, 0.25) is 0 Å². The van der Waals surface area contributed by atoms with Crippen LogP contribution in [0, 0.1) is 5.92 Å². The van der Waals surface area contributed by atoms with Gasteiger partial charge in [0.05, 0.1) is 0 Å². The zero-order valence-electron chi connectivity index (χ0n) is 7.15. The van der Waals surface area contributed by atoms with Gasteiger partial charge in [0, 0.05) is 10.2 Å². The van der Waals surface area contributed by atoms with E-state index in [0.29, 0.717) is 0 Å². The highest BCUT2D eigenvalue weighted by atomic mass is 28.1. The van der Waals surface area contributed by atoms with Crippen molar-refractivity contribution in [3.05, 3.63) is 22.9 Å². The van der Waals surface area contributed by atoms with E-state index in [0.717, 1.165) is 5.92 Å². The van der Waals surface area contributed by atoms with Crippen LogP contribution in [-0.2, 0) is 0 Å². The van der Waals surface area contributed by atoms with Gasteiger partial charge in [-0.1, -0.05) is 36.8 Å². The maximum Gasteiger partial charge on any atom is 0.0340 e. The summed E-state index contributed by atoms with van der Waals surface area (Å²) in [5.41, 5.74) is 1.63. The van der Waals surface area contributed by atoms with Gasteiger partial charge in [-0.15, -0.1) is 0 Å². The lowest BCUT2D eigenvalue weighted by Gasteiger charge is -2.09. The Morgan fingerprint density at radius 2 is 2.40 bits per heavy atom. The summed E-state index contributed by atoms with van der Waals surface area (Å²) < 4.78 is 0. The zero-order valence-corrected chi connectivity index (χ0v) is 9.15. The molecule has 1 aliphatic rings. The Hall–Kier alpha value is -0.303. The second-order valence-electron chi connectivity index (χ2n) is 3.15. The average Bonchev–Trinajstić information content (AvgIpc) is 2.34. The molecule has 0 aromatic carbocycles. The molecule has 0 amide bonds. The van der Waals surface area contributed by atoms with Crippen molar-refractivity contribution in [2.24, 2.45) is 5.92 Å². The fraction of sp³-hybridized carbons (Fsp3) is 0.556. The number of allylic oxidation sites excluding steroid dienone is 4. The summed E-state index contributed by atoms with van der Waals surface area (Å²) in [7, 11) is 1.26. The molecule has 0 saturated heterocycles. The minimum Gasteiger partial charge on any atom is -0.0847 e. The van der Waals surface area contributed by atoms with Crippen LogP contribution in [-0.4, -0.2) is 10.2 Å². The fourth-order valence-electron chi connectivity index (χ4n) is 1.43. The van der Waals surface area contributed by atoms with Crippen molar-refractivity contribution >= 4 is 10.2 Å². The third-order valence-electron chi connectivity index (χ3n) is 2.36. The van der Waals surface area contributed by atoms with Crippen molar-refractivity contribution in [3.8, 4) is 0 Å². The highest BCUT2D eigenvalue weighted by Gasteiger charge is 2.09. The van der Waals surface area contributed by atoms with Crippen LogP contribution in [0.1, 0.15) is 26.7 Å². The first-order valence-corrected chi connectivity index (χ1v) is 5.12. The van der Waals surface area contributed by atoms with Gasteiger partial charge in [0.1, 0.15) is 0 Å². The molecule has 0 fully saturated rings. The Bertz CT molecular complexity index is 177. The Balaban J connectivity index is 2.70. The first-order valence-electron chi connectivity index (χ1n) is 4.12. The van der Waals surface area contributed by atoms with Crippen LogP contribution >= 0.6 is 0 Å². The molecule has 56 valence electrons. The fourth-order valence-corrected chi connectivity index (χ4v) is 2.32. The Labute approximate surface area is 66.4 Å². The molecular formula is C9H16Si. The molecule has 0 radical (unpaired) electrons. The highest BCUT2D eigenvalue weighted by molar-refractivity contribution is 6.22. The first-order chi connectivity index (χ1) is 4.75. The maximum absolute atomic E-state index is 2.32. The van der Waals surface area contributed by atoms with Crippen molar-refractivity contribution in [2.45, 2.75) is 26.7 Å². The van der Waals surface area contributed by atoms with Gasteiger partial charge in [-0.25, -0.2) is 0 Å². The zero-order chi connectivity index (χ0) is 7.56. The van der Waals surface area contributed by atoms with Gasteiger partial charge in [-0.3, -0.25) is 0 Å². The van der Waals surface area contributed by atoms with E-state index in [1.54, 1.807) is 10.8 Å². The van der Waals surface area contributed by atoms with E-state index in [2.05, 4.69) is 26.0 Å². The van der Waals surface area contributed by atoms with E-state index < -0.39 is 0 Å². The van der Waals surface area contributed by atoms with Gasteiger partial charge in [0.2, 0.25) is 0 Å². The van der Waals surface area contributed by atoms with E-state index in [4.69, 9.17) is 0 Å². The minimum absolute atomic E-state index is 0.797. The lowest BCUT2D eigenvalue weighted by Crippen LogP contribution is -1.96. The molecule has 0 heterocycles. The van der Waals surface area contributed by atoms with Crippen molar-refractivity contribution < 1.29 is 0 Å². The van der Waals surface area contributed by atoms with Crippen LogP contribution in [0.15, 0.2) is 22.9 Å². The smallest absolute Gasteiger partial charge is 0.0340 e. The van der Waals surface area contributed by atoms with Crippen LogP contribution in [0.4, 0.5) is 0 Å². The monoisotopic (exact) mass is 152 g/mol. The molecule has 0 nitrogen and oxygen atoms in total. The summed E-state index contributed by atoms with van der Waals surface area (Å²) in [6, 6.07) is 0. The molecule has 1 rings (SSSR count). The average molecular weight is 152 g/mol. The molecule has 1 heteroatoms. The molecular weight excluding hydrogens is 136 g/mol. The lowest BCUT2D eigenvalue weighted by atomic mass is 10.00. The topological polar surface area (TPSA) is 0 Å². The molecule has 0 spiro atoms. The predicted octanol–water partition coefficient (Wildman–Crippen LogP) is 1.61. The molecule has 0 N–H and O–H groups in total. The third-order valence-corrected chi connectivity index (χ3v) is 3.34. The Kier molecular flexibility index (Phi) is 2.49. The number of hydrogen-bond acceptors (Lipinski definition) is 0. The molecule has 0 saturated carbocycles. The SMILES string of the molecule is CCC(C)C1=C([SiH3])CC=C1. The summed E-state index contributed by atoms with van der Waals surface area (Å²) in [5.74, 6) is 0.797. The summed E-state index contributed by atoms with van der Waals surface area (Å²) in [4.78, 5) is 0. The summed E-state index contributed by atoms with van der Waals surface area (Å²) in [5, 5.41) is 1.70. The van der Waals surface area contributed by atoms with Crippen LogP contribution in [0.3, 0.4) is 0 Å². The van der Waals surface area contributed by atoms with Crippen molar-refractivity contribution in [2.75, 3.05) is 0 Å².